The fraction of sp³-hybridized carbons (Fsp3) is 0.900. The van der Waals surface area contributed by atoms with Gasteiger partial charge in [0.2, 0.25) is 0 Å². The Morgan fingerprint density at radius 3 is 1.19 bits per heavy atom. The van der Waals surface area contributed by atoms with Crippen molar-refractivity contribution in [1.29, 1.82) is 0 Å². The van der Waals surface area contributed by atoms with Crippen LogP contribution in [0.25, 0.3) is 0 Å². The highest BCUT2D eigenvalue weighted by Crippen LogP contribution is 2.13. The highest BCUT2D eigenvalue weighted by atomic mass is 16.2. The van der Waals surface area contributed by atoms with Crippen molar-refractivity contribution in [3.05, 3.63) is 0 Å². The first-order valence-electron chi connectivity index (χ1n) is 9.51. The van der Waals surface area contributed by atoms with E-state index in [0.29, 0.717) is 0 Å². The van der Waals surface area contributed by atoms with E-state index in [1.165, 1.54) is 96.3 Å². The second kappa shape index (κ2) is 19.4. The first-order chi connectivity index (χ1) is 10.4. The van der Waals surface area contributed by atoms with Gasteiger partial charge in [0, 0.05) is 6.42 Å². The van der Waals surface area contributed by atoms with Gasteiger partial charge in [0.15, 0.2) is 6.11 Å². The van der Waals surface area contributed by atoms with Crippen molar-refractivity contribution in [2.45, 2.75) is 116 Å². The molecule has 0 spiro atoms. The Morgan fingerprint density at radius 2 is 0.857 bits per heavy atom. The normalized spacial score (nSPS) is 10.3. The van der Waals surface area contributed by atoms with Gasteiger partial charge in [0.05, 0.1) is 0 Å². The Kier molecular flexibility index (Phi) is 18.8. The van der Waals surface area contributed by atoms with Gasteiger partial charge < -0.3 is 0 Å². The predicted molar refractivity (Wildman–Crippen MR) is 92.6 cm³/mol. The Balaban J connectivity index is 2.94. The van der Waals surface area contributed by atoms with Crippen LogP contribution >= 0.6 is 0 Å². The summed E-state index contributed by atoms with van der Waals surface area (Å²) in [5.41, 5.74) is 0. The lowest BCUT2D eigenvalue weighted by Gasteiger charge is -2.03. The molecular weight excluding hydrogens is 256 g/mol. The van der Waals surface area contributed by atoms with Crippen molar-refractivity contribution >= 4 is 0 Å². The van der Waals surface area contributed by atoms with Crippen LogP contribution in [0.4, 0.5) is 0 Å². The van der Waals surface area contributed by atoms with E-state index in [9.17, 15) is 5.11 Å². The highest BCUT2D eigenvalue weighted by molar-refractivity contribution is 4.88. The molecule has 0 aliphatic heterocycles. The molecule has 1 nitrogen and oxygen atoms in total. The average molecular weight is 294 g/mol. The zero-order valence-electron chi connectivity index (χ0n) is 14.4. The lowest BCUT2D eigenvalue weighted by Crippen LogP contribution is -1.83. The summed E-state index contributed by atoms with van der Waals surface area (Å²) in [4.78, 5) is 0. The molecule has 0 aromatic carbocycles. The van der Waals surface area contributed by atoms with Crippen molar-refractivity contribution in [1.82, 2.24) is 0 Å². The molecule has 0 fully saturated rings. The smallest absolute Gasteiger partial charge is 0.172 e. The molecule has 0 bridgehead atoms. The van der Waals surface area contributed by atoms with Crippen molar-refractivity contribution in [2.24, 2.45) is 0 Å². The third kappa shape index (κ3) is 19.4. The third-order valence-corrected chi connectivity index (χ3v) is 4.23. The molecule has 0 unspecified atom stereocenters. The fourth-order valence-corrected chi connectivity index (χ4v) is 2.81. The van der Waals surface area contributed by atoms with Gasteiger partial charge in [-0.25, -0.2) is 5.11 Å². The molecule has 123 valence electrons. The lowest BCUT2D eigenvalue weighted by molar-refractivity contribution is 0.391. The molecule has 1 heteroatoms. The molecule has 0 aromatic heterocycles. The Morgan fingerprint density at radius 1 is 0.524 bits per heavy atom. The molecule has 0 saturated carbocycles. The number of hydrogen-bond donors (Lipinski definition) is 0. The van der Waals surface area contributed by atoms with Crippen LogP contribution in [-0.4, -0.2) is 0 Å². The average Bonchev–Trinajstić information content (AvgIpc) is 2.50. The van der Waals surface area contributed by atoms with Gasteiger partial charge in [-0.15, -0.1) is 0 Å². The molecule has 0 aliphatic carbocycles. The maximum atomic E-state index is 9.93. The van der Waals surface area contributed by atoms with Gasteiger partial charge in [-0.05, 0) is 6.42 Å². The standard InChI is InChI=1S/C20H37O/c1-2-3-4-5-6-7-8-9-10-11-12-13-14-15-16-17-18-19-20-21/h2-18H2,1H3. The summed E-state index contributed by atoms with van der Waals surface area (Å²) in [5.74, 6) is 2.59. The largest absolute Gasteiger partial charge is 0.224 e. The summed E-state index contributed by atoms with van der Waals surface area (Å²) >= 11 is 0. The number of hydrogen-bond acceptors (Lipinski definition) is 0. The van der Waals surface area contributed by atoms with Gasteiger partial charge in [0.1, 0.15) is 0 Å². The summed E-state index contributed by atoms with van der Waals surface area (Å²) < 4.78 is 0. The van der Waals surface area contributed by atoms with Crippen LogP contribution in [0.3, 0.4) is 0 Å². The second-order valence-corrected chi connectivity index (χ2v) is 6.33. The SMILES string of the molecule is CCCCCCCCCCCCCCCCCCC#C[O]. The minimum Gasteiger partial charge on any atom is -0.224 e. The first kappa shape index (κ1) is 20.4. The van der Waals surface area contributed by atoms with Crippen molar-refractivity contribution in [3.8, 4) is 12.0 Å². The molecule has 21 heavy (non-hydrogen) atoms. The van der Waals surface area contributed by atoms with Gasteiger partial charge in [0.25, 0.3) is 0 Å². The van der Waals surface area contributed by atoms with E-state index in [0.717, 1.165) is 12.8 Å². The van der Waals surface area contributed by atoms with E-state index < -0.39 is 0 Å². The summed E-state index contributed by atoms with van der Waals surface area (Å²) in [7, 11) is 0. The Labute approximate surface area is 133 Å². The summed E-state index contributed by atoms with van der Waals surface area (Å²) in [6.45, 7) is 2.28. The molecule has 0 atom stereocenters. The van der Waals surface area contributed by atoms with E-state index in [1.54, 1.807) is 6.11 Å². The van der Waals surface area contributed by atoms with Crippen molar-refractivity contribution in [2.75, 3.05) is 0 Å². The van der Waals surface area contributed by atoms with E-state index in [2.05, 4.69) is 12.8 Å². The maximum Gasteiger partial charge on any atom is 0.172 e. The molecule has 0 aliphatic rings. The quantitative estimate of drug-likeness (QED) is 0.215. The van der Waals surface area contributed by atoms with Crippen LogP contribution in [0, 0.1) is 12.0 Å². The van der Waals surface area contributed by atoms with E-state index in [-0.39, 0.29) is 0 Å². The van der Waals surface area contributed by atoms with E-state index in [4.69, 9.17) is 0 Å². The van der Waals surface area contributed by atoms with Gasteiger partial charge >= 0.3 is 0 Å². The fourth-order valence-electron chi connectivity index (χ4n) is 2.81. The van der Waals surface area contributed by atoms with Crippen LogP contribution in [0.2, 0.25) is 0 Å². The van der Waals surface area contributed by atoms with Gasteiger partial charge in [-0.1, -0.05) is 109 Å². The molecule has 1 radical (unpaired) electrons. The molecule has 0 heterocycles. The molecule has 0 aromatic rings. The third-order valence-electron chi connectivity index (χ3n) is 4.23. The topological polar surface area (TPSA) is 19.9 Å². The zero-order valence-corrected chi connectivity index (χ0v) is 14.4. The predicted octanol–water partition coefficient (Wildman–Crippen LogP) is 7.03. The Bertz CT molecular complexity index is 236. The minimum atomic E-state index is 0.794. The van der Waals surface area contributed by atoms with Crippen LogP contribution in [0.15, 0.2) is 0 Å². The maximum absolute atomic E-state index is 9.93. The summed E-state index contributed by atoms with van der Waals surface area (Å²) in [6, 6.07) is 0. The zero-order chi connectivity index (χ0) is 15.4. The van der Waals surface area contributed by atoms with Gasteiger partial charge in [-0.3, -0.25) is 0 Å². The number of rotatable bonds is 16. The van der Waals surface area contributed by atoms with Crippen LogP contribution in [0.5, 0.6) is 0 Å². The second-order valence-electron chi connectivity index (χ2n) is 6.33. The monoisotopic (exact) mass is 293 g/mol. The molecule has 0 amide bonds. The van der Waals surface area contributed by atoms with Crippen LogP contribution < -0.4 is 0 Å². The van der Waals surface area contributed by atoms with Crippen molar-refractivity contribution < 1.29 is 5.11 Å². The van der Waals surface area contributed by atoms with Crippen molar-refractivity contribution in [3.63, 3.8) is 0 Å². The summed E-state index contributed by atoms with van der Waals surface area (Å²) in [6.07, 6.45) is 24.7. The molecule has 0 N–H and O–H groups in total. The summed E-state index contributed by atoms with van der Waals surface area (Å²) in [5, 5.41) is 9.93. The van der Waals surface area contributed by atoms with Crippen LogP contribution in [0.1, 0.15) is 116 Å². The molecular formula is C20H37O. The molecule has 0 rings (SSSR count). The first-order valence-corrected chi connectivity index (χ1v) is 9.51. The Hall–Kier alpha value is -0.640. The minimum absolute atomic E-state index is 0.794. The van der Waals surface area contributed by atoms with Gasteiger partial charge in [-0.2, -0.15) is 0 Å². The van der Waals surface area contributed by atoms with Crippen LogP contribution in [-0.2, 0) is 5.11 Å². The lowest BCUT2D eigenvalue weighted by atomic mass is 10.0. The molecule has 0 saturated heterocycles. The van der Waals surface area contributed by atoms with E-state index in [1.807, 2.05) is 0 Å². The van der Waals surface area contributed by atoms with E-state index >= 15 is 0 Å². The highest BCUT2D eigenvalue weighted by Gasteiger charge is 1.94. The number of unbranched alkanes of at least 4 members (excludes halogenated alkanes) is 16.